The molecule has 2 amide bonds. The Kier molecular flexibility index (Phi) is 6.98. The maximum atomic E-state index is 14.5. The van der Waals surface area contributed by atoms with Gasteiger partial charge in [-0.1, -0.05) is 0 Å². The molecule has 222 valence electrons. The summed E-state index contributed by atoms with van der Waals surface area (Å²) in [4.78, 5) is 29.6. The summed E-state index contributed by atoms with van der Waals surface area (Å²) in [6, 6.07) is 12.0. The van der Waals surface area contributed by atoms with Crippen LogP contribution in [0.3, 0.4) is 0 Å². The summed E-state index contributed by atoms with van der Waals surface area (Å²) in [5.74, 6) is -4.66. The van der Waals surface area contributed by atoms with Gasteiger partial charge in [-0.3, -0.25) is 9.59 Å². The molecule has 1 aliphatic heterocycles. The van der Waals surface area contributed by atoms with Crippen LogP contribution in [0.4, 0.5) is 22.0 Å². The van der Waals surface area contributed by atoms with Gasteiger partial charge in [0, 0.05) is 34.5 Å². The molecule has 1 aliphatic carbocycles. The van der Waals surface area contributed by atoms with Gasteiger partial charge in [0.15, 0.2) is 0 Å². The van der Waals surface area contributed by atoms with E-state index in [1.807, 2.05) is 6.07 Å². The summed E-state index contributed by atoms with van der Waals surface area (Å²) < 4.78 is 77.0. The van der Waals surface area contributed by atoms with Crippen LogP contribution in [0.1, 0.15) is 52.0 Å². The minimum Gasteiger partial charge on any atom is -0.489 e. The Bertz CT molecular complexity index is 1740. The smallest absolute Gasteiger partial charge is 0.398 e. The number of halogens is 5. The summed E-state index contributed by atoms with van der Waals surface area (Å²) in [7, 11) is 0. The molecule has 1 fully saturated rings. The average molecular weight is 598 g/mol. The van der Waals surface area contributed by atoms with Crippen LogP contribution in [0.2, 0.25) is 0 Å². The Labute approximate surface area is 241 Å². The molecule has 0 unspecified atom stereocenters. The lowest BCUT2D eigenvalue weighted by Gasteiger charge is -2.24. The van der Waals surface area contributed by atoms with Crippen molar-refractivity contribution in [2.24, 2.45) is 5.73 Å². The van der Waals surface area contributed by atoms with E-state index in [0.717, 1.165) is 36.7 Å². The van der Waals surface area contributed by atoms with Crippen molar-refractivity contribution in [3.63, 3.8) is 0 Å². The number of nitrogens with one attached hydrogen (secondary N) is 1. The SMILES string of the molecule is NC(=O)[C@@]1(CF)COc2c1cc([C@@H](CNC(=O)c1ccc3nnc(C4CC4)cc3c1)C(F)(F)F)nc2-c1ccc(F)cc1. The fourth-order valence-electron chi connectivity index (χ4n) is 5.16. The number of amides is 2. The molecule has 1 saturated carbocycles. The number of benzene rings is 2. The molecule has 4 aromatic rings. The molecule has 43 heavy (non-hydrogen) atoms. The van der Waals surface area contributed by atoms with E-state index in [4.69, 9.17) is 10.5 Å². The maximum Gasteiger partial charge on any atom is 0.398 e. The molecule has 8 nitrogen and oxygen atoms in total. The maximum absolute atomic E-state index is 14.5. The topological polar surface area (TPSA) is 120 Å². The highest BCUT2D eigenvalue weighted by atomic mass is 19.4. The van der Waals surface area contributed by atoms with Gasteiger partial charge in [-0.25, -0.2) is 13.8 Å². The lowest BCUT2D eigenvalue weighted by atomic mass is 9.81. The summed E-state index contributed by atoms with van der Waals surface area (Å²) >= 11 is 0. The van der Waals surface area contributed by atoms with Crippen LogP contribution < -0.4 is 15.8 Å². The normalized spacial score (nSPS) is 18.6. The zero-order valence-corrected chi connectivity index (χ0v) is 22.4. The number of ether oxygens (including phenoxy) is 1. The molecule has 2 aromatic heterocycles. The number of pyridine rings is 1. The molecule has 0 saturated heterocycles. The van der Waals surface area contributed by atoms with Crippen molar-refractivity contribution >= 4 is 22.7 Å². The predicted octanol–water partition coefficient (Wildman–Crippen LogP) is 4.87. The first-order valence-electron chi connectivity index (χ1n) is 13.4. The fourth-order valence-corrected chi connectivity index (χ4v) is 5.16. The van der Waals surface area contributed by atoms with E-state index in [2.05, 4.69) is 20.5 Å². The second-order valence-electron chi connectivity index (χ2n) is 10.8. The minimum atomic E-state index is -4.92. The van der Waals surface area contributed by atoms with Crippen LogP contribution in [0.15, 0.2) is 54.6 Å². The van der Waals surface area contributed by atoms with Crippen molar-refractivity contribution in [1.29, 1.82) is 0 Å². The Balaban J connectivity index is 1.36. The average Bonchev–Trinajstić information content (AvgIpc) is 3.76. The second kappa shape index (κ2) is 10.5. The molecule has 2 aliphatic rings. The number of carbonyl (C=O) groups is 2. The van der Waals surface area contributed by atoms with Crippen LogP contribution in [-0.4, -0.2) is 53.0 Å². The van der Waals surface area contributed by atoms with Crippen LogP contribution >= 0.6 is 0 Å². The number of carbonyl (C=O) groups excluding carboxylic acids is 2. The number of nitrogens with two attached hydrogens (primary N) is 1. The first-order valence-corrected chi connectivity index (χ1v) is 13.4. The second-order valence-corrected chi connectivity index (χ2v) is 10.8. The summed E-state index contributed by atoms with van der Waals surface area (Å²) in [6.45, 7) is -2.80. The summed E-state index contributed by atoms with van der Waals surface area (Å²) in [5, 5.41) is 11.3. The van der Waals surface area contributed by atoms with E-state index >= 15 is 0 Å². The van der Waals surface area contributed by atoms with Gasteiger partial charge in [-0.2, -0.15) is 23.4 Å². The number of rotatable bonds is 8. The zero-order chi connectivity index (χ0) is 30.5. The van der Waals surface area contributed by atoms with Crippen LogP contribution in [-0.2, 0) is 10.2 Å². The molecule has 6 rings (SSSR count). The van der Waals surface area contributed by atoms with Crippen molar-refractivity contribution in [3.8, 4) is 17.0 Å². The van der Waals surface area contributed by atoms with Crippen LogP contribution in [0, 0.1) is 5.82 Å². The largest absolute Gasteiger partial charge is 0.489 e. The lowest BCUT2D eigenvalue weighted by molar-refractivity contribution is -0.149. The lowest BCUT2D eigenvalue weighted by Crippen LogP contribution is -2.44. The van der Waals surface area contributed by atoms with E-state index in [0.29, 0.717) is 16.8 Å². The Morgan fingerprint density at radius 2 is 1.81 bits per heavy atom. The van der Waals surface area contributed by atoms with E-state index in [9.17, 15) is 31.5 Å². The van der Waals surface area contributed by atoms with E-state index in [1.165, 1.54) is 24.3 Å². The standard InChI is InChI=1S/C30H24F5N5O3/c31-13-29(28(36)42)14-43-26-20(29)11-24(38-25(26)16-3-6-19(32)7-4-16)21(30(33,34)35)12-37-27(41)17-5-8-22-18(9-17)10-23(40-39-22)15-1-2-15/h3-11,15,21H,1-2,12-14H2,(H2,36,42)(H,37,41)/t21-,29+/m1/s1. The van der Waals surface area contributed by atoms with E-state index < -0.39 is 60.7 Å². The van der Waals surface area contributed by atoms with Crippen LogP contribution in [0.25, 0.3) is 22.2 Å². The Morgan fingerprint density at radius 1 is 1.07 bits per heavy atom. The van der Waals surface area contributed by atoms with E-state index in [1.54, 1.807) is 6.07 Å². The van der Waals surface area contributed by atoms with Gasteiger partial charge >= 0.3 is 6.18 Å². The summed E-state index contributed by atoms with van der Waals surface area (Å²) in [6.07, 6.45) is -2.93. The molecule has 0 radical (unpaired) electrons. The van der Waals surface area contributed by atoms with Crippen molar-refractivity contribution in [3.05, 3.63) is 82.9 Å². The molecule has 0 bridgehead atoms. The molecular weight excluding hydrogens is 573 g/mol. The third-order valence-electron chi connectivity index (χ3n) is 7.87. The number of nitrogens with zero attached hydrogens (tertiary/aromatic N) is 3. The molecule has 2 atom stereocenters. The van der Waals surface area contributed by atoms with Crippen molar-refractivity contribution in [2.45, 2.75) is 36.3 Å². The number of fused-ring (bicyclic) bond motifs is 2. The molecule has 13 heteroatoms. The molecule has 3 heterocycles. The molecular formula is C30H24F5N5O3. The van der Waals surface area contributed by atoms with Gasteiger partial charge in [-0.15, -0.1) is 0 Å². The zero-order valence-electron chi connectivity index (χ0n) is 22.4. The highest BCUT2D eigenvalue weighted by molar-refractivity contribution is 5.98. The predicted molar refractivity (Wildman–Crippen MR) is 145 cm³/mol. The number of hydrogen-bond acceptors (Lipinski definition) is 6. The van der Waals surface area contributed by atoms with Gasteiger partial charge < -0.3 is 15.8 Å². The Morgan fingerprint density at radius 3 is 2.47 bits per heavy atom. The van der Waals surface area contributed by atoms with Gasteiger partial charge in [0.2, 0.25) is 5.91 Å². The van der Waals surface area contributed by atoms with Gasteiger partial charge in [0.25, 0.3) is 5.91 Å². The summed E-state index contributed by atoms with van der Waals surface area (Å²) in [5.41, 5.74) is 4.13. The minimum absolute atomic E-state index is 0.121. The van der Waals surface area contributed by atoms with Gasteiger partial charge in [-0.05, 0) is 67.4 Å². The van der Waals surface area contributed by atoms with Crippen molar-refractivity contribution in [2.75, 3.05) is 19.8 Å². The molecule has 3 N–H and O–H groups in total. The van der Waals surface area contributed by atoms with Crippen molar-refractivity contribution < 1.29 is 36.3 Å². The monoisotopic (exact) mass is 597 g/mol. The number of primary amides is 1. The number of alkyl halides is 4. The van der Waals surface area contributed by atoms with Gasteiger partial charge in [0.1, 0.15) is 41.9 Å². The third-order valence-corrected chi connectivity index (χ3v) is 7.87. The molecule has 2 aromatic carbocycles. The van der Waals surface area contributed by atoms with E-state index in [-0.39, 0.29) is 28.1 Å². The Hall–Kier alpha value is -4.68. The number of hydrogen-bond donors (Lipinski definition) is 2. The molecule has 0 spiro atoms. The quantitative estimate of drug-likeness (QED) is 0.280. The first kappa shape index (κ1) is 28.4. The first-order chi connectivity index (χ1) is 20.5. The van der Waals surface area contributed by atoms with Gasteiger partial charge in [0.05, 0.1) is 16.9 Å². The highest BCUT2D eigenvalue weighted by Gasteiger charge is 2.50. The third kappa shape index (κ3) is 5.23. The fraction of sp³-hybridized carbons (Fsp3) is 0.300. The number of aromatic nitrogens is 3. The van der Waals surface area contributed by atoms with Crippen LogP contribution in [0.5, 0.6) is 5.75 Å². The highest BCUT2D eigenvalue weighted by Crippen LogP contribution is 2.47. The van der Waals surface area contributed by atoms with Crippen molar-refractivity contribution in [1.82, 2.24) is 20.5 Å².